The molecule has 7 heteroatoms. The lowest BCUT2D eigenvalue weighted by molar-refractivity contribution is -0.122. The summed E-state index contributed by atoms with van der Waals surface area (Å²) in [6, 6.07) is 3.69. The molecule has 2 rings (SSSR count). The van der Waals surface area contributed by atoms with Crippen LogP contribution < -0.4 is 16.0 Å². The molecular formula is C13H19N3O3S. The lowest BCUT2D eigenvalue weighted by Gasteiger charge is -2.23. The van der Waals surface area contributed by atoms with Gasteiger partial charge in [-0.05, 0) is 11.4 Å². The number of rotatable bonds is 6. The number of morpholine rings is 1. The molecule has 2 heterocycles. The van der Waals surface area contributed by atoms with E-state index >= 15 is 0 Å². The summed E-state index contributed by atoms with van der Waals surface area (Å²) in [5.74, 6) is -0.130. The normalized spacial score (nSPS) is 18.5. The van der Waals surface area contributed by atoms with E-state index in [9.17, 15) is 9.59 Å². The van der Waals surface area contributed by atoms with Gasteiger partial charge in [0.15, 0.2) is 0 Å². The molecule has 1 aromatic rings. The first-order chi connectivity index (χ1) is 9.75. The van der Waals surface area contributed by atoms with Crippen LogP contribution >= 0.6 is 11.3 Å². The third-order valence-corrected chi connectivity index (χ3v) is 3.78. The number of ether oxygens (including phenoxy) is 1. The van der Waals surface area contributed by atoms with E-state index in [1.807, 2.05) is 11.4 Å². The topological polar surface area (TPSA) is 79.5 Å². The maximum Gasteiger partial charge on any atom is 0.261 e. The fourth-order valence-corrected chi connectivity index (χ4v) is 2.56. The third kappa shape index (κ3) is 4.92. The minimum atomic E-state index is -0.100. The van der Waals surface area contributed by atoms with E-state index < -0.39 is 0 Å². The maximum atomic E-state index is 11.7. The van der Waals surface area contributed by atoms with Gasteiger partial charge in [-0.1, -0.05) is 6.07 Å². The summed E-state index contributed by atoms with van der Waals surface area (Å²) < 4.78 is 5.28. The second kappa shape index (κ2) is 7.98. The van der Waals surface area contributed by atoms with Gasteiger partial charge in [0.1, 0.15) is 0 Å². The van der Waals surface area contributed by atoms with Gasteiger partial charge >= 0.3 is 0 Å². The highest BCUT2D eigenvalue weighted by molar-refractivity contribution is 7.12. The minimum Gasteiger partial charge on any atom is -0.378 e. The first-order valence-corrected chi connectivity index (χ1v) is 7.53. The average molecular weight is 297 g/mol. The van der Waals surface area contributed by atoms with Crippen LogP contribution in [0.3, 0.4) is 0 Å². The number of thiophene rings is 1. The van der Waals surface area contributed by atoms with Crippen molar-refractivity contribution in [1.82, 2.24) is 16.0 Å². The van der Waals surface area contributed by atoms with Crippen LogP contribution in [-0.2, 0) is 9.53 Å². The first-order valence-electron chi connectivity index (χ1n) is 6.65. The number of carbonyl (C=O) groups is 2. The van der Waals surface area contributed by atoms with Crippen molar-refractivity contribution >= 4 is 23.2 Å². The number of amides is 2. The van der Waals surface area contributed by atoms with Crippen LogP contribution in [0.4, 0.5) is 0 Å². The number of hydrogen-bond donors (Lipinski definition) is 3. The van der Waals surface area contributed by atoms with E-state index in [0.29, 0.717) is 37.6 Å². The Bertz CT molecular complexity index is 430. The minimum absolute atomic E-state index is 0.0293. The van der Waals surface area contributed by atoms with Crippen LogP contribution in [0, 0.1) is 0 Å². The molecule has 0 bridgehead atoms. The quantitative estimate of drug-likeness (QED) is 0.644. The number of hydrogen-bond acceptors (Lipinski definition) is 5. The van der Waals surface area contributed by atoms with Crippen LogP contribution in [0.15, 0.2) is 17.5 Å². The van der Waals surface area contributed by atoms with E-state index in [1.165, 1.54) is 11.3 Å². The highest BCUT2D eigenvalue weighted by Gasteiger charge is 2.16. The Labute approximate surface area is 121 Å². The average Bonchev–Trinajstić information content (AvgIpc) is 2.99. The summed E-state index contributed by atoms with van der Waals surface area (Å²) >= 11 is 1.40. The number of nitrogens with one attached hydrogen (secondary N) is 3. The van der Waals surface area contributed by atoms with E-state index in [1.54, 1.807) is 6.07 Å². The van der Waals surface area contributed by atoms with Gasteiger partial charge < -0.3 is 20.7 Å². The second-order valence-corrected chi connectivity index (χ2v) is 5.46. The van der Waals surface area contributed by atoms with Crippen LogP contribution in [0.25, 0.3) is 0 Å². The van der Waals surface area contributed by atoms with Crippen LogP contribution in [-0.4, -0.2) is 50.7 Å². The van der Waals surface area contributed by atoms with Crippen molar-refractivity contribution in [3.05, 3.63) is 22.4 Å². The SMILES string of the molecule is O=C(CC1COCCN1)NCCNC(=O)c1cccs1. The first kappa shape index (κ1) is 15.0. The smallest absolute Gasteiger partial charge is 0.261 e. The fourth-order valence-electron chi connectivity index (χ4n) is 1.92. The zero-order chi connectivity index (χ0) is 14.2. The molecule has 3 N–H and O–H groups in total. The molecule has 1 unspecified atom stereocenters. The van der Waals surface area contributed by atoms with Crippen molar-refractivity contribution in [2.75, 3.05) is 32.8 Å². The van der Waals surface area contributed by atoms with Gasteiger partial charge in [-0.15, -0.1) is 11.3 Å². The summed E-state index contributed by atoms with van der Waals surface area (Å²) in [4.78, 5) is 24.0. The molecule has 0 spiro atoms. The van der Waals surface area contributed by atoms with Crippen molar-refractivity contribution in [1.29, 1.82) is 0 Å². The molecule has 0 aliphatic carbocycles. The zero-order valence-electron chi connectivity index (χ0n) is 11.2. The summed E-state index contributed by atoms with van der Waals surface area (Å²) in [6.45, 7) is 2.92. The van der Waals surface area contributed by atoms with Crippen molar-refractivity contribution in [2.24, 2.45) is 0 Å². The molecule has 20 heavy (non-hydrogen) atoms. The van der Waals surface area contributed by atoms with Gasteiger partial charge in [-0.3, -0.25) is 9.59 Å². The van der Waals surface area contributed by atoms with Gasteiger partial charge in [0.05, 0.1) is 18.1 Å². The van der Waals surface area contributed by atoms with Gasteiger partial charge in [-0.25, -0.2) is 0 Å². The Hall–Kier alpha value is -1.44. The van der Waals surface area contributed by atoms with Gasteiger partial charge in [0.25, 0.3) is 5.91 Å². The molecule has 0 saturated carbocycles. The molecule has 1 atom stereocenters. The molecule has 1 saturated heterocycles. The molecule has 0 aromatic carbocycles. The Morgan fingerprint density at radius 2 is 2.25 bits per heavy atom. The fraction of sp³-hybridized carbons (Fsp3) is 0.538. The lowest BCUT2D eigenvalue weighted by atomic mass is 10.2. The lowest BCUT2D eigenvalue weighted by Crippen LogP contribution is -2.45. The molecule has 0 radical (unpaired) electrons. The Morgan fingerprint density at radius 1 is 1.40 bits per heavy atom. The summed E-state index contributed by atoms with van der Waals surface area (Å²) in [5, 5.41) is 10.6. The molecule has 110 valence electrons. The van der Waals surface area contributed by atoms with Crippen molar-refractivity contribution in [3.8, 4) is 0 Å². The van der Waals surface area contributed by atoms with E-state index in [4.69, 9.17) is 4.74 Å². The highest BCUT2D eigenvalue weighted by atomic mass is 32.1. The zero-order valence-corrected chi connectivity index (χ0v) is 12.0. The molecule has 6 nitrogen and oxygen atoms in total. The Kier molecular flexibility index (Phi) is 5.97. The molecule has 1 aliphatic heterocycles. The monoisotopic (exact) mass is 297 g/mol. The van der Waals surface area contributed by atoms with Gasteiger partial charge in [-0.2, -0.15) is 0 Å². The molecule has 1 aromatic heterocycles. The molecular weight excluding hydrogens is 278 g/mol. The standard InChI is InChI=1S/C13H19N3O3S/c17-12(8-10-9-19-6-5-14-10)15-3-4-16-13(18)11-2-1-7-20-11/h1-2,7,10,14H,3-6,8-9H2,(H,15,17)(H,16,18). The molecule has 1 fully saturated rings. The number of carbonyl (C=O) groups excluding carboxylic acids is 2. The molecule has 2 amide bonds. The van der Waals surface area contributed by atoms with Crippen LogP contribution in [0.2, 0.25) is 0 Å². The third-order valence-electron chi connectivity index (χ3n) is 2.91. The predicted octanol–water partition coefficient (Wildman–Crippen LogP) is -0.0274. The largest absolute Gasteiger partial charge is 0.378 e. The molecule has 1 aliphatic rings. The van der Waals surface area contributed by atoms with E-state index in [-0.39, 0.29) is 17.9 Å². The van der Waals surface area contributed by atoms with Gasteiger partial charge in [0.2, 0.25) is 5.91 Å². The summed E-state index contributed by atoms with van der Waals surface area (Å²) in [7, 11) is 0. The predicted molar refractivity (Wildman–Crippen MR) is 76.9 cm³/mol. The Morgan fingerprint density at radius 3 is 2.95 bits per heavy atom. The summed E-state index contributed by atoms with van der Waals surface area (Å²) in [5.41, 5.74) is 0. The van der Waals surface area contributed by atoms with Crippen LogP contribution in [0.1, 0.15) is 16.1 Å². The summed E-state index contributed by atoms with van der Waals surface area (Å²) in [6.07, 6.45) is 0.402. The Balaban J connectivity index is 1.56. The highest BCUT2D eigenvalue weighted by Crippen LogP contribution is 2.07. The van der Waals surface area contributed by atoms with E-state index in [0.717, 1.165) is 6.54 Å². The second-order valence-electron chi connectivity index (χ2n) is 4.51. The van der Waals surface area contributed by atoms with Crippen molar-refractivity contribution in [2.45, 2.75) is 12.5 Å². The van der Waals surface area contributed by atoms with Gasteiger partial charge in [0, 0.05) is 32.1 Å². The van der Waals surface area contributed by atoms with Crippen molar-refractivity contribution < 1.29 is 14.3 Å². The van der Waals surface area contributed by atoms with Crippen LogP contribution in [0.5, 0.6) is 0 Å². The van der Waals surface area contributed by atoms with Crippen molar-refractivity contribution in [3.63, 3.8) is 0 Å². The van der Waals surface area contributed by atoms with E-state index in [2.05, 4.69) is 16.0 Å². The maximum absolute atomic E-state index is 11.7.